The second-order valence-corrected chi connectivity index (χ2v) is 6.35. The van der Waals surface area contributed by atoms with Crippen molar-refractivity contribution in [2.45, 2.75) is 19.5 Å². The molecule has 1 aromatic carbocycles. The molecule has 0 aliphatic heterocycles. The highest BCUT2D eigenvalue weighted by atomic mass is 35.5. The van der Waals surface area contributed by atoms with Crippen LogP contribution < -0.4 is 5.32 Å². The Morgan fingerprint density at radius 2 is 1.88 bits per heavy atom. The molecule has 0 bridgehead atoms. The summed E-state index contributed by atoms with van der Waals surface area (Å²) in [5, 5.41) is 2.68. The molecule has 3 rings (SSSR count). The Morgan fingerprint density at radius 3 is 2.54 bits per heavy atom. The summed E-state index contributed by atoms with van der Waals surface area (Å²) in [6, 6.07) is 6.30. The summed E-state index contributed by atoms with van der Waals surface area (Å²) in [6.45, 7) is 1.80. The third-order valence-electron chi connectivity index (χ3n) is 3.75. The molecule has 0 radical (unpaired) electrons. The fraction of sp³-hybridized carbons (Fsp3) is 0.176. The summed E-state index contributed by atoms with van der Waals surface area (Å²) in [4.78, 5) is 17.0. The third-order valence-corrected chi connectivity index (χ3v) is 4.22. The first-order valence-electron chi connectivity index (χ1n) is 7.55. The predicted octanol–water partition coefficient (Wildman–Crippen LogP) is 5.47. The number of carbonyl (C=O) groups excluding carboxylic acids is 1. The number of hydrogen-bond donors (Lipinski definition) is 1. The normalized spacial score (nSPS) is 11.8. The van der Waals surface area contributed by atoms with Gasteiger partial charge < -0.3 is 5.32 Å². The lowest BCUT2D eigenvalue weighted by atomic mass is 10.1. The summed E-state index contributed by atoms with van der Waals surface area (Å²) in [5.41, 5.74) is -0.354. The van der Waals surface area contributed by atoms with Gasteiger partial charge in [0.25, 0.3) is 5.91 Å². The van der Waals surface area contributed by atoms with Gasteiger partial charge in [-0.25, -0.2) is 4.98 Å². The highest BCUT2D eigenvalue weighted by Gasteiger charge is 2.34. The van der Waals surface area contributed by atoms with Gasteiger partial charge in [-0.05, 0) is 30.7 Å². The number of anilines is 1. The first-order chi connectivity index (χ1) is 12.2. The Bertz CT molecular complexity index is 999. The van der Waals surface area contributed by atoms with Crippen LogP contribution in [-0.4, -0.2) is 15.3 Å². The van der Waals surface area contributed by atoms with Crippen molar-refractivity contribution >= 4 is 40.4 Å². The Hall–Kier alpha value is -2.25. The molecule has 0 saturated carbocycles. The molecular weight excluding hydrogens is 390 g/mol. The van der Waals surface area contributed by atoms with E-state index in [2.05, 4.69) is 10.3 Å². The van der Waals surface area contributed by atoms with E-state index < -0.39 is 17.6 Å². The number of carbonyl (C=O) groups is 1. The van der Waals surface area contributed by atoms with Gasteiger partial charge >= 0.3 is 6.18 Å². The van der Waals surface area contributed by atoms with Gasteiger partial charge in [0.1, 0.15) is 11.3 Å². The lowest BCUT2D eigenvalue weighted by Gasteiger charge is -2.14. The fourth-order valence-corrected chi connectivity index (χ4v) is 2.92. The highest BCUT2D eigenvalue weighted by Crippen LogP contribution is 2.36. The molecule has 2 aromatic heterocycles. The van der Waals surface area contributed by atoms with Gasteiger partial charge in [0, 0.05) is 22.3 Å². The first-order valence-corrected chi connectivity index (χ1v) is 8.31. The molecule has 9 heteroatoms. The molecule has 0 saturated heterocycles. The quantitative estimate of drug-likeness (QED) is 0.631. The Kier molecular flexibility index (Phi) is 4.86. The average Bonchev–Trinajstić information content (AvgIpc) is 2.93. The molecule has 2 heterocycles. The predicted molar refractivity (Wildman–Crippen MR) is 94.0 cm³/mol. The van der Waals surface area contributed by atoms with E-state index >= 15 is 0 Å². The van der Waals surface area contributed by atoms with Gasteiger partial charge in [-0.3, -0.25) is 9.20 Å². The van der Waals surface area contributed by atoms with Crippen molar-refractivity contribution in [2.24, 2.45) is 0 Å². The Balaban J connectivity index is 2.06. The number of nitrogens with one attached hydrogen (secondary N) is 1. The number of benzene rings is 1. The van der Waals surface area contributed by atoms with Crippen LogP contribution in [0.15, 0.2) is 36.5 Å². The summed E-state index contributed by atoms with van der Waals surface area (Å²) < 4.78 is 41.2. The number of amides is 1. The standard InChI is InChI=1S/C17H12Cl2F3N3O/c1-2-12-15(25-6-5-10(19)8-14(25)23-12)16(26)24-13-4-3-9(18)7-11(13)17(20,21)22/h3-8H,2H2,1H3,(H,24,26). The van der Waals surface area contributed by atoms with Crippen LogP contribution in [0.4, 0.5) is 18.9 Å². The molecule has 3 aromatic rings. The number of hydrogen-bond acceptors (Lipinski definition) is 2. The number of rotatable bonds is 3. The second kappa shape index (κ2) is 6.81. The van der Waals surface area contributed by atoms with E-state index in [0.29, 0.717) is 22.8 Å². The zero-order valence-electron chi connectivity index (χ0n) is 13.4. The zero-order chi connectivity index (χ0) is 19.1. The molecule has 0 fully saturated rings. The molecular formula is C17H12Cl2F3N3O. The number of nitrogens with zero attached hydrogens (tertiary/aromatic N) is 2. The lowest BCUT2D eigenvalue weighted by Crippen LogP contribution is -2.19. The summed E-state index contributed by atoms with van der Waals surface area (Å²) in [5.74, 6) is -0.704. The monoisotopic (exact) mass is 401 g/mol. The number of aromatic nitrogens is 2. The van der Waals surface area contributed by atoms with Crippen molar-refractivity contribution in [3.8, 4) is 0 Å². The summed E-state index contributed by atoms with van der Waals surface area (Å²) in [6.07, 6.45) is -2.69. The van der Waals surface area contributed by atoms with Gasteiger partial charge in [-0.1, -0.05) is 30.1 Å². The number of imidazole rings is 1. The number of pyridine rings is 1. The van der Waals surface area contributed by atoms with Crippen LogP contribution >= 0.6 is 23.2 Å². The largest absolute Gasteiger partial charge is 0.418 e. The molecule has 0 aliphatic carbocycles. The second-order valence-electron chi connectivity index (χ2n) is 5.48. The first kappa shape index (κ1) is 18.5. The molecule has 1 N–H and O–H groups in total. The maximum Gasteiger partial charge on any atom is 0.418 e. The minimum absolute atomic E-state index is 0.0750. The van der Waals surface area contributed by atoms with Gasteiger partial charge in [-0.2, -0.15) is 13.2 Å². The number of alkyl halides is 3. The Morgan fingerprint density at radius 1 is 1.19 bits per heavy atom. The number of halogens is 5. The van der Waals surface area contributed by atoms with E-state index in [9.17, 15) is 18.0 Å². The SMILES string of the molecule is CCc1nc2cc(Cl)ccn2c1C(=O)Nc1ccc(Cl)cc1C(F)(F)F. The van der Waals surface area contributed by atoms with Crippen LogP contribution in [0.1, 0.15) is 28.7 Å². The summed E-state index contributed by atoms with van der Waals surface area (Å²) in [7, 11) is 0. The van der Waals surface area contributed by atoms with Crippen molar-refractivity contribution < 1.29 is 18.0 Å². The van der Waals surface area contributed by atoms with Crippen molar-refractivity contribution in [1.29, 1.82) is 0 Å². The maximum atomic E-state index is 13.2. The molecule has 1 amide bonds. The van der Waals surface area contributed by atoms with E-state index in [1.807, 2.05) is 0 Å². The molecule has 0 atom stereocenters. The number of fused-ring (bicyclic) bond motifs is 1. The van der Waals surface area contributed by atoms with Crippen LogP contribution in [-0.2, 0) is 12.6 Å². The van der Waals surface area contributed by atoms with Crippen molar-refractivity contribution in [3.63, 3.8) is 0 Å². The summed E-state index contributed by atoms with van der Waals surface area (Å²) >= 11 is 11.6. The fourth-order valence-electron chi connectivity index (χ4n) is 2.60. The van der Waals surface area contributed by atoms with E-state index in [4.69, 9.17) is 23.2 Å². The van der Waals surface area contributed by atoms with Crippen LogP contribution in [0.3, 0.4) is 0 Å². The van der Waals surface area contributed by atoms with Crippen molar-refractivity contribution in [3.05, 3.63) is 63.5 Å². The number of aryl methyl sites for hydroxylation is 1. The average molecular weight is 402 g/mol. The van der Waals surface area contributed by atoms with Crippen LogP contribution in [0.5, 0.6) is 0 Å². The molecule has 0 spiro atoms. The highest BCUT2D eigenvalue weighted by molar-refractivity contribution is 6.31. The minimum atomic E-state index is -4.66. The topological polar surface area (TPSA) is 46.4 Å². The van der Waals surface area contributed by atoms with Crippen molar-refractivity contribution in [2.75, 3.05) is 5.32 Å². The van der Waals surface area contributed by atoms with E-state index in [1.165, 1.54) is 10.5 Å². The lowest BCUT2D eigenvalue weighted by molar-refractivity contribution is -0.136. The van der Waals surface area contributed by atoms with Crippen LogP contribution in [0.25, 0.3) is 5.65 Å². The van der Waals surface area contributed by atoms with Gasteiger partial charge in [0.05, 0.1) is 16.9 Å². The van der Waals surface area contributed by atoms with Gasteiger partial charge in [0.15, 0.2) is 0 Å². The smallest absolute Gasteiger partial charge is 0.320 e. The molecule has 0 aliphatic rings. The van der Waals surface area contributed by atoms with E-state index in [1.54, 1.807) is 25.3 Å². The molecule has 0 unspecified atom stereocenters. The van der Waals surface area contributed by atoms with E-state index in [0.717, 1.165) is 12.1 Å². The maximum absolute atomic E-state index is 13.2. The molecule has 26 heavy (non-hydrogen) atoms. The molecule has 136 valence electrons. The molecule has 4 nitrogen and oxygen atoms in total. The van der Waals surface area contributed by atoms with Gasteiger partial charge in [-0.15, -0.1) is 0 Å². The van der Waals surface area contributed by atoms with Crippen LogP contribution in [0.2, 0.25) is 10.0 Å². The van der Waals surface area contributed by atoms with Crippen LogP contribution in [0, 0.1) is 0 Å². The van der Waals surface area contributed by atoms with Gasteiger partial charge in [0.2, 0.25) is 0 Å². The zero-order valence-corrected chi connectivity index (χ0v) is 14.9. The third kappa shape index (κ3) is 3.50. The Labute approximate surface area is 156 Å². The minimum Gasteiger partial charge on any atom is -0.320 e. The van der Waals surface area contributed by atoms with E-state index in [-0.39, 0.29) is 16.4 Å². The van der Waals surface area contributed by atoms with Crippen molar-refractivity contribution in [1.82, 2.24) is 9.38 Å².